The lowest BCUT2D eigenvalue weighted by Gasteiger charge is -2.35. The fourth-order valence-corrected chi connectivity index (χ4v) is 6.25. The Kier molecular flexibility index (Phi) is 5.37. The van der Waals surface area contributed by atoms with Gasteiger partial charge in [0.25, 0.3) is 0 Å². The van der Waals surface area contributed by atoms with Gasteiger partial charge in [0.1, 0.15) is 5.75 Å². The highest BCUT2D eigenvalue weighted by molar-refractivity contribution is 7.89. The molecule has 32 heavy (non-hydrogen) atoms. The van der Waals surface area contributed by atoms with Gasteiger partial charge >= 0.3 is 0 Å². The van der Waals surface area contributed by atoms with Crippen molar-refractivity contribution in [1.82, 2.24) is 4.31 Å². The van der Waals surface area contributed by atoms with Crippen LogP contribution in [0.1, 0.15) is 25.3 Å². The van der Waals surface area contributed by atoms with E-state index in [9.17, 15) is 13.2 Å². The molecule has 0 radical (unpaired) electrons. The third-order valence-corrected chi connectivity index (χ3v) is 8.62. The molecule has 2 aromatic rings. The molecule has 170 valence electrons. The molecule has 3 aliphatic rings. The normalized spacial score (nSPS) is 21.5. The number of benzene rings is 2. The second kappa shape index (κ2) is 8.08. The SMILES string of the molecule is COc1cccc(N2CCN(S(=O)(=O)c3ccc4c(c3)C[C@H](C)N4C(=O)C3CC3)CC2)c1. The van der Waals surface area contributed by atoms with E-state index in [1.54, 1.807) is 23.5 Å². The molecule has 0 N–H and O–H groups in total. The Hall–Kier alpha value is -2.58. The number of carbonyl (C=O) groups excluding carboxylic acids is 1. The van der Waals surface area contributed by atoms with E-state index in [0.29, 0.717) is 37.5 Å². The van der Waals surface area contributed by atoms with E-state index >= 15 is 0 Å². The van der Waals surface area contributed by atoms with Gasteiger partial charge in [-0.15, -0.1) is 0 Å². The average Bonchev–Trinajstić information content (AvgIpc) is 3.60. The maximum Gasteiger partial charge on any atom is 0.243 e. The maximum atomic E-state index is 13.4. The van der Waals surface area contributed by atoms with Crippen molar-refractivity contribution < 1.29 is 17.9 Å². The first-order valence-corrected chi connectivity index (χ1v) is 12.7. The summed E-state index contributed by atoms with van der Waals surface area (Å²) in [5, 5.41) is 0. The minimum atomic E-state index is -3.58. The van der Waals surface area contributed by atoms with Crippen LogP contribution >= 0.6 is 0 Å². The Bertz CT molecular complexity index is 1140. The standard InChI is InChI=1S/C24H29N3O4S/c1-17-14-19-15-22(8-9-23(19)27(17)24(28)18-6-7-18)32(29,30)26-12-10-25(11-13-26)20-4-3-5-21(16-20)31-2/h3-5,8-9,15-18H,6-7,10-14H2,1-2H3/t17-/m0/s1. The Morgan fingerprint density at radius 2 is 1.78 bits per heavy atom. The molecule has 2 fully saturated rings. The van der Waals surface area contributed by atoms with E-state index < -0.39 is 10.0 Å². The topological polar surface area (TPSA) is 70.2 Å². The van der Waals surface area contributed by atoms with Gasteiger partial charge in [-0.2, -0.15) is 4.31 Å². The van der Waals surface area contributed by atoms with E-state index in [-0.39, 0.29) is 17.9 Å². The Balaban J connectivity index is 1.31. The fraction of sp³-hybridized carbons (Fsp3) is 0.458. The molecular formula is C24H29N3O4S. The van der Waals surface area contributed by atoms with Crippen LogP contribution in [-0.2, 0) is 21.2 Å². The zero-order valence-corrected chi connectivity index (χ0v) is 19.3. The highest BCUT2D eigenvalue weighted by atomic mass is 32.2. The summed E-state index contributed by atoms with van der Waals surface area (Å²) in [6.45, 7) is 4.14. The molecule has 1 aliphatic carbocycles. The maximum absolute atomic E-state index is 13.4. The number of fused-ring (bicyclic) bond motifs is 1. The van der Waals surface area contributed by atoms with E-state index in [1.807, 2.05) is 42.2 Å². The summed E-state index contributed by atoms with van der Waals surface area (Å²) in [4.78, 5) is 17.1. The van der Waals surface area contributed by atoms with Gasteiger partial charge in [0.2, 0.25) is 15.9 Å². The molecule has 0 spiro atoms. The van der Waals surface area contributed by atoms with Gasteiger partial charge in [-0.1, -0.05) is 6.07 Å². The van der Waals surface area contributed by atoms with Crippen LogP contribution in [-0.4, -0.2) is 58.0 Å². The van der Waals surface area contributed by atoms with E-state index in [2.05, 4.69) is 4.90 Å². The summed E-state index contributed by atoms with van der Waals surface area (Å²) < 4.78 is 33.6. The molecule has 1 amide bonds. The van der Waals surface area contributed by atoms with Crippen LogP contribution in [0.4, 0.5) is 11.4 Å². The highest BCUT2D eigenvalue weighted by Crippen LogP contribution is 2.40. The largest absolute Gasteiger partial charge is 0.497 e. The number of amides is 1. The van der Waals surface area contributed by atoms with Crippen LogP contribution in [0, 0.1) is 5.92 Å². The molecular weight excluding hydrogens is 426 g/mol. The van der Waals surface area contributed by atoms with Gasteiger partial charge in [-0.25, -0.2) is 8.42 Å². The first-order valence-electron chi connectivity index (χ1n) is 11.2. The lowest BCUT2D eigenvalue weighted by Crippen LogP contribution is -2.48. The number of nitrogens with zero attached hydrogens (tertiary/aromatic N) is 3. The van der Waals surface area contributed by atoms with Gasteiger partial charge in [-0.05, 0) is 62.1 Å². The van der Waals surface area contributed by atoms with Crippen molar-refractivity contribution in [3.8, 4) is 5.75 Å². The second-order valence-electron chi connectivity index (χ2n) is 8.92. The van der Waals surface area contributed by atoms with Crippen molar-refractivity contribution >= 4 is 27.3 Å². The lowest BCUT2D eigenvalue weighted by molar-refractivity contribution is -0.120. The van der Waals surface area contributed by atoms with E-state index in [4.69, 9.17) is 4.74 Å². The number of carbonyl (C=O) groups is 1. The number of sulfonamides is 1. The molecule has 2 aromatic carbocycles. The Morgan fingerprint density at radius 3 is 2.47 bits per heavy atom. The number of methoxy groups -OCH3 is 1. The first kappa shape index (κ1) is 21.3. The molecule has 0 bridgehead atoms. The molecule has 0 unspecified atom stereocenters. The Morgan fingerprint density at radius 1 is 1.03 bits per heavy atom. The monoisotopic (exact) mass is 455 g/mol. The molecule has 1 saturated heterocycles. The summed E-state index contributed by atoms with van der Waals surface area (Å²) >= 11 is 0. The highest BCUT2D eigenvalue weighted by Gasteiger charge is 2.40. The summed E-state index contributed by atoms with van der Waals surface area (Å²) in [7, 11) is -1.94. The number of piperazine rings is 1. The quantitative estimate of drug-likeness (QED) is 0.693. The van der Waals surface area contributed by atoms with Crippen molar-refractivity contribution in [3.63, 3.8) is 0 Å². The number of hydrogen-bond acceptors (Lipinski definition) is 5. The number of rotatable bonds is 5. The first-order chi connectivity index (χ1) is 15.4. The predicted octanol–water partition coefficient (Wildman–Crippen LogP) is 2.89. The van der Waals surface area contributed by atoms with Gasteiger partial charge < -0.3 is 14.5 Å². The lowest BCUT2D eigenvalue weighted by atomic mass is 10.1. The van der Waals surface area contributed by atoms with Crippen LogP contribution < -0.4 is 14.5 Å². The summed E-state index contributed by atoms with van der Waals surface area (Å²) in [5.41, 5.74) is 2.85. The summed E-state index contributed by atoms with van der Waals surface area (Å²) in [5.74, 6) is 1.12. The molecule has 7 nitrogen and oxygen atoms in total. The molecule has 2 aliphatic heterocycles. The van der Waals surface area contributed by atoms with Gasteiger partial charge in [0.15, 0.2) is 0 Å². The molecule has 0 aromatic heterocycles. The average molecular weight is 456 g/mol. The second-order valence-corrected chi connectivity index (χ2v) is 10.9. The zero-order chi connectivity index (χ0) is 22.5. The van der Waals surface area contributed by atoms with E-state index in [1.165, 1.54) is 0 Å². The minimum Gasteiger partial charge on any atom is -0.497 e. The number of ether oxygens (including phenoxy) is 1. The van der Waals surface area contributed by atoms with Gasteiger partial charge in [-0.3, -0.25) is 4.79 Å². The van der Waals surface area contributed by atoms with Crippen molar-refractivity contribution in [2.45, 2.75) is 37.1 Å². The third kappa shape index (κ3) is 3.75. The van der Waals surface area contributed by atoms with Crippen molar-refractivity contribution in [3.05, 3.63) is 48.0 Å². The minimum absolute atomic E-state index is 0.0717. The molecule has 1 saturated carbocycles. The van der Waals surface area contributed by atoms with Crippen LogP contribution in [0.25, 0.3) is 0 Å². The third-order valence-electron chi connectivity index (χ3n) is 6.73. The van der Waals surface area contributed by atoms with E-state index in [0.717, 1.165) is 35.5 Å². The number of hydrogen-bond donors (Lipinski definition) is 0. The van der Waals surface area contributed by atoms with Gasteiger partial charge in [0.05, 0.1) is 12.0 Å². The summed E-state index contributed by atoms with van der Waals surface area (Å²) in [6, 6.07) is 13.2. The van der Waals surface area contributed by atoms with Crippen molar-refractivity contribution in [1.29, 1.82) is 0 Å². The molecule has 1 atom stereocenters. The smallest absolute Gasteiger partial charge is 0.243 e. The van der Waals surface area contributed by atoms with Crippen LogP contribution in [0.3, 0.4) is 0 Å². The van der Waals surface area contributed by atoms with Crippen molar-refractivity contribution in [2.75, 3.05) is 43.1 Å². The van der Waals surface area contributed by atoms with Crippen LogP contribution in [0.15, 0.2) is 47.4 Å². The van der Waals surface area contributed by atoms with Crippen LogP contribution in [0.2, 0.25) is 0 Å². The van der Waals surface area contributed by atoms with Crippen LogP contribution in [0.5, 0.6) is 5.75 Å². The molecule has 2 heterocycles. The molecule has 5 rings (SSSR count). The molecule has 8 heteroatoms. The van der Waals surface area contributed by atoms with Crippen molar-refractivity contribution in [2.24, 2.45) is 5.92 Å². The fourth-order valence-electron chi connectivity index (χ4n) is 4.77. The summed E-state index contributed by atoms with van der Waals surface area (Å²) in [6.07, 6.45) is 2.62. The number of anilines is 2. The zero-order valence-electron chi connectivity index (χ0n) is 18.5. The Labute approximate surface area is 189 Å². The predicted molar refractivity (Wildman–Crippen MR) is 124 cm³/mol. The van der Waals surface area contributed by atoms with Gasteiger partial charge in [0, 0.05) is 55.6 Å².